The van der Waals surface area contributed by atoms with E-state index in [1.54, 1.807) is 0 Å². The maximum Gasteiger partial charge on any atom is -0.0236 e. The lowest BCUT2D eigenvalue weighted by Gasteiger charge is -2.16. The second kappa shape index (κ2) is 3.63. The first-order chi connectivity index (χ1) is 6.06. The Kier molecular flexibility index (Phi) is 3.09. The van der Waals surface area contributed by atoms with Crippen LogP contribution < -0.4 is 0 Å². The highest BCUT2D eigenvalue weighted by Crippen LogP contribution is 2.73. The second-order valence-electron chi connectivity index (χ2n) is 5.25. The standard InChI is InChI=1S/C13H26/c1-6-9-10-13(5)11(7-2)12(13,4)8-3/h11H,6-10H2,1-5H3. The largest absolute Gasteiger partial charge is 0.0654 e. The van der Waals surface area contributed by atoms with E-state index in [4.69, 9.17) is 0 Å². The molecule has 3 unspecified atom stereocenters. The quantitative estimate of drug-likeness (QED) is 0.581. The molecule has 1 rings (SSSR count). The molecule has 0 N–H and O–H groups in total. The van der Waals surface area contributed by atoms with Crippen LogP contribution in [0.3, 0.4) is 0 Å². The topological polar surface area (TPSA) is 0 Å². The van der Waals surface area contributed by atoms with E-state index in [2.05, 4.69) is 34.6 Å². The SMILES string of the molecule is CCCCC1(C)C(CC)C1(C)CC. The van der Waals surface area contributed by atoms with Crippen molar-refractivity contribution in [3.05, 3.63) is 0 Å². The van der Waals surface area contributed by atoms with Crippen LogP contribution in [0.5, 0.6) is 0 Å². The molecule has 1 aliphatic rings. The maximum absolute atomic E-state index is 2.51. The van der Waals surface area contributed by atoms with Crippen molar-refractivity contribution in [1.29, 1.82) is 0 Å². The van der Waals surface area contributed by atoms with Crippen molar-refractivity contribution in [2.24, 2.45) is 16.7 Å². The number of unbranched alkanes of at least 4 members (excludes halogenated alkanes) is 1. The van der Waals surface area contributed by atoms with Gasteiger partial charge in [-0.1, -0.05) is 53.9 Å². The van der Waals surface area contributed by atoms with E-state index < -0.39 is 0 Å². The van der Waals surface area contributed by atoms with Gasteiger partial charge in [-0.05, 0) is 29.6 Å². The van der Waals surface area contributed by atoms with Gasteiger partial charge in [-0.25, -0.2) is 0 Å². The van der Waals surface area contributed by atoms with Gasteiger partial charge in [0, 0.05) is 0 Å². The second-order valence-corrected chi connectivity index (χ2v) is 5.25. The molecule has 0 aromatic rings. The van der Waals surface area contributed by atoms with Crippen LogP contribution in [0.25, 0.3) is 0 Å². The molecule has 0 nitrogen and oxygen atoms in total. The lowest BCUT2D eigenvalue weighted by Crippen LogP contribution is -2.06. The number of hydrogen-bond acceptors (Lipinski definition) is 0. The molecular formula is C13H26. The van der Waals surface area contributed by atoms with Crippen LogP contribution in [0.2, 0.25) is 0 Å². The van der Waals surface area contributed by atoms with Crippen molar-refractivity contribution in [2.75, 3.05) is 0 Å². The third-order valence-electron chi connectivity index (χ3n) is 4.95. The van der Waals surface area contributed by atoms with Crippen LogP contribution in [-0.4, -0.2) is 0 Å². The van der Waals surface area contributed by atoms with Gasteiger partial charge >= 0.3 is 0 Å². The molecule has 13 heavy (non-hydrogen) atoms. The fraction of sp³-hybridized carbons (Fsp3) is 1.00. The van der Waals surface area contributed by atoms with Gasteiger partial charge in [0.05, 0.1) is 0 Å². The van der Waals surface area contributed by atoms with Crippen molar-refractivity contribution in [3.63, 3.8) is 0 Å². The molecule has 1 saturated carbocycles. The summed E-state index contributed by atoms with van der Waals surface area (Å²) >= 11 is 0. The average molecular weight is 182 g/mol. The van der Waals surface area contributed by atoms with Gasteiger partial charge in [0.15, 0.2) is 0 Å². The highest BCUT2D eigenvalue weighted by molar-refractivity contribution is 5.15. The van der Waals surface area contributed by atoms with E-state index in [-0.39, 0.29) is 0 Å². The Morgan fingerprint density at radius 1 is 1.00 bits per heavy atom. The third-order valence-corrected chi connectivity index (χ3v) is 4.95. The minimum atomic E-state index is 0.664. The zero-order valence-electron chi connectivity index (χ0n) is 10.1. The van der Waals surface area contributed by atoms with Gasteiger partial charge in [-0.2, -0.15) is 0 Å². The predicted molar refractivity (Wildman–Crippen MR) is 59.8 cm³/mol. The van der Waals surface area contributed by atoms with Gasteiger partial charge in [0.25, 0.3) is 0 Å². The van der Waals surface area contributed by atoms with Gasteiger partial charge in [0.2, 0.25) is 0 Å². The monoisotopic (exact) mass is 182 g/mol. The van der Waals surface area contributed by atoms with Gasteiger partial charge < -0.3 is 0 Å². The zero-order chi connectivity index (χ0) is 10.1. The fourth-order valence-corrected chi connectivity index (χ4v) is 3.63. The Hall–Kier alpha value is 0. The molecule has 3 atom stereocenters. The maximum atomic E-state index is 2.51. The highest BCUT2D eigenvalue weighted by Gasteiger charge is 2.67. The van der Waals surface area contributed by atoms with Crippen molar-refractivity contribution >= 4 is 0 Å². The van der Waals surface area contributed by atoms with E-state index in [1.165, 1.54) is 32.1 Å². The molecule has 1 aliphatic carbocycles. The normalized spacial score (nSPS) is 43.6. The van der Waals surface area contributed by atoms with Crippen molar-refractivity contribution in [2.45, 2.75) is 66.7 Å². The molecule has 0 bridgehead atoms. The molecule has 78 valence electrons. The fourth-order valence-electron chi connectivity index (χ4n) is 3.63. The lowest BCUT2D eigenvalue weighted by atomic mass is 9.89. The summed E-state index contributed by atoms with van der Waals surface area (Å²) in [7, 11) is 0. The molecule has 1 fully saturated rings. The summed E-state index contributed by atoms with van der Waals surface area (Å²) in [5.41, 5.74) is 1.34. The zero-order valence-corrected chi connectivity index (χ0v) is 10.1. The summed E-state index contributed by atoms with van der Waals surface area (Å²) in [6.45, 7) is 12.0. The van der Waals surface area contributed by atoms with E-state index >= 15 is 0 Å². The Bertz CT molecular complexity index is 173. The molecule has 0 heteroatoms. The Labute approximate surface area is 84.1 Å². The van der Waals surface area contributed by atoms with Crippen LogP contribution >= 0.6 is 0 Å². The van der Waals surface area contributed by atoms with Gasteiger partial charge in [-0.3, -0.25) is 0 Å². The first-order valence-electron chi connectivity index (χ1n) is 6.06. The number of rotatable bonds is 5. The van der Waals surface area contributed by atoms with Crippen molar-refractivity contribution < 1.29 is 0 Å². The van der Waals surface area contributed by atoms with Crippen LogP contribution in [-0.2, 0) is 0 Å². The first kappa shape index (κ1) is 11.1. The summed E-state index contributed by atoms with van der Waals surface area (Å²) in [4.78, 5) is 0. The van der Waals surface area contributed by atoms with Crippen LogP contribution in [0.15, 0.2) is 0 Å². The van der Waals surface area contributed by atoms with Gasteiger partial charge in [0.1, 0.15) is 0 Å². The van der Waals surface area contributed by atoms with Crippen molar-refractivity contribution in [3.8, 4) is 0 Å². The molecule has 0 heterocycles. The lowest BCUT2D eigenvalue weighted by molar-refractivity contribution is 0.346. The number of hydrogen-bond donors (Lipinski definition) is 0. The molecule has 0 aromatic carbocycles. The molecular weight excluding hydrogens is 156 g/mol. The molecule has 0 spiro atoms. The molecule has 0 saturated heterocycles. The van der Waals surface area contributed by atoms with Crippen LogP contribution in [0.1, 0.15) is 66.7 Å². The predicted octanol–water partition coefficient (Wildman–Crippen LogP) is 4.64. The summed E-state index contributed by atoms with van der Waals surface area (Å²) in [6.07, 6.45) is 6.97. The van der Waals surface area contributed by atoms with E-state index in [0.717, 1.165) is 5.92 Å². The molecule has 0 aliphatic heterocycles. The minimum absolute atomic E-state index is 0.664. The summed E-state index contributed by atoms with van der Waals surface area (Å²) in [5, 5.41) is 0. The third kappa shape index (κ3) is 1.43. The van der Waals surface area contributed by atoms with Gasteiger partial charge in [-0.15, -0.1) is 0 Å². The average Bonchev–Trinajstić information content (AvgIpc) is 2.61. The van der Waals surface area contributed by atoms with Crippen LogP contribution in [0, 0.1) is 16.7 Å². The van der Waals surface area contributed by atoms with Crippen LogP contribution in [0.4, 0.5) is 0 Å². The highest BCUT2D eigenvalue weighted by atomic mass is 14.7. The Morgan fingerprint density at radius 3 is 1.92 bits per heavy atom. The molecule has 0 radical (unpaired) electrons. The smallest absolute Gasteiger partial charge is 0.0236 e. The van der Waals surface area contributed by atoms with E-state index in [0.29, 0.717) is 10.8 Å². The first-order valence-corrected chi connectivity index (χ1v) is 6.06. The van der Waals surface area contributed by atoms with E-state index in [9.17, 15) is 0 Å². The van der Waals surface area contributed by atoms with Crippen molar-refractivity contribution in [1.82, 2.24) is 0 Å². The summed E-state index contributed by atoms with van der Waals surface area (Å²) in [6, 6.07) is 0. The minimum Gasteiger partial charge on any atom is -0.0654 e. The Balaban J connectivity index is 2.59. The molecule has 0 aromatic heterocycles. The Morgan fingerprint density at radius 2 is 1.62 bits per heavy atom. The van der Waals surface area contributed by atoms with E-state index in [1.807, 2.05) is 0 Å². The molecule has 0 amide bonds. The summed E-state index contributed by atoms with van der Waals surface area (Å²) in [5.74, 6) is 0.997. The summed E-state index contributed by atoms with van der Waals surface area (Å²) < 4.78 is 0.